The van der Waals surface area contributed by atoms with Gasteiger partial charge in [-0.25, -0.2) is 0 Å². The van der Waals surface area contributed by atoms with Crippen LogP contribution in [0.15, 0.2) is 42.6 Å². The first kappa shape index (κ1) is 16.7. The molecule has 0 radical (unpaired) electrons. The van der Waals surface area contributed by atoms with Crippen molar-refractivity contribution in [1.82, 2.24) is 9.88 Å². The topological polar surface area (TPSA) is 16.1 Å². The van der Waals surface area contributed by atoms with Crippen molar-refractivity contribution in [3.8, 4) is 0 Å². The average molecular weight is 296 g/mol. The second-order valence-corrected chi connectivity index (χ2v) is 6.30. The van der Waals surface area contributed by atoms with Crippen molar-refractivity contribution in [3.05, 3.63) is 65.0 Å². The molecular formula is C20H28N2. The van der Waals surface area contributed by atoms with Crippen molar-refractivity contribution in [2.24, 2.45) is 0 Å². The van der Waals surface area contributed by atoms with Crippen molar-refractivity contribution < 1.29 is 0 Å². The van der Waals surface area contributed by atoms with E-state index in [0.29, 0.717) is 0 Å². The summed E-state index contributed by atoms with van der Waals surface area (Å²) in [6.07, 6.45) is 6.05. The predicted molar refractivity (Wildman–Crippen MR) is 94.0 cm³/mol. The molecule has 22 heavy (non-hydrogen) atoms. The number of aromatic nitrogens is 1. The fourth-order valence-corrected chi connectivity index (χ4v) is 2.73. The number of nitrogens with zero attached hydrogens (tertiary/aromatic N) is 2. The molecule has 0 aliphatic carbocycles. The number of aryl methyl sites for hydroxylation is 3. The molecule has 2 nitrogen and oxygen atoms in total. The summed E-state index contributed by atoms with van der Waals surface area (Å²) in [7, 11) is 0. The minimum absolute atomic E-state index is 1.08. The highest BCUT2D eigenvalue weighted by Gasteiger charge is 2.09. The van der Waals surface area contributed by atoms with Gasteiger partial charge in [0.25, 0.3) is 0 Å². The minimum atomic E-state index is 1.08. The third kappa shape index (κ3) is 5.98. The lowest BCUT2D eigenvalue weighted by atomic mass is 10.1. The van der Waals surface area contributed by atoms with E-state index in [4.69, 9.17) is 0 Å². The second-order valence-electron chi connectivity index (χ2n) is 6.30. The molecule has 2 heterocycles. The van der Waals surface area contributed by atoms with Crippen LogP contribution in [0.5, 0.6) is 0 Å². The molecule has 0 saturated carbocycles. The Hall–Kier alpha value is -1.67. The number of pyridine rings is 1. The number of hydrogen-bond donors (Lipinski definition) is 0. The molecular weight excluding hydrogens is 268 g/mol. The Labute approximate surface area is 135 Å². The molecule has 1 aromatic carbocycles. The average Bonchev–Trinajstić information content (AvgIpc) is 2.52. The van der Waals surface area contributed by atoms with Crippen LogP contribution in [0.3, 0.4) is 0 Å². The van der Waals surface area contributed by atoms with E-state index in [-0.39, 0.29) is 0 Å². The molecule has 1 aromatic heterocycles. The molecule has 118 valence electrons. The molecule has 2 aromatic rings. The van der Waals surface area contributed by atoms with E-state index in [2.05, 4.69) is 47.1 Å². The van der Waals surface area contributed by atoms with Crippen LogP contribution in [0.2, 0.25) is 0 Å². The lowest BCUT2D eigenvalue weighted by Gasteiger charge is -2.26. The first-order chi connectivity index (χ1) is 10.6. The van der Waals surface area contributed by atoms with Crippen LogP contribution in [0.25, 0.3) is 0 Å². The Morgan fingerprint density at radius 1 is 0.909 bits per heavy atom. The summed E-state index contributed by atoms with van der Waals surface area (Å²) >= 11 is 0. The number of benzene rings is 1. The third-order valence-corrected chi connectivity index (χ3v) is 4.00. The van der Waals surface area contributed by atoms with Gasteiger partial charge < -0.3 is 0 Å². The van der Waals surface area contributed by atoms with E-state index < -0.39 is 0 Å². The van der Waals surface area contributed by atoms with Gasteiger partial charge in [-0.15, -0.1) is 0 Å². The number of hydrogen-bond acceptors (Lipinski definition) is 2. The molecule has 0 bridgehead atoms. The quantitative estimate of drug-likeness (QED) is 0.800. The largest absolute Gasteiger partial charge is 0.299 e. The first-order valence-corrected chi connectivity index (χ1v) is 8.30. The molecule has 1 aliphatic heterocycles. The highest BCUT2D eigenvalue weighted by molar-refractivity contribution is 5.22. The van der Waals surface area contributed by atoms with Crippen LogP contribution in [0.1, 0.15) is 41.6 Å². The van der Waals surface area contributed by atoms with Gasteiger partial charge >= 0.3 is 0 Å². The zero-order chi connectivity index (χ0) is 15.8. The third-order valence-electron chi connectivity index (χ3n) is 4.00. The van der Waals surface area contributed by atoms with Crippen LogP contribution >= 0.6 is 0 Å². The maximum absolute atomic E-state index is 4.08. The summed E-state index contributed by atoms with van der Waals surface area (Å²) in [5.74, 6) is 0. The molecule has 1 aliphatic rings. The summed E-state index contributed by atoms with van der Waals surface area (Å²) in [4.78, 5) is 6.65. The van der Waals surface area contributed by atoms with Gasteiger partial charge in [-0.1, -0.05) is 42.3 Å². The molecule has 1 fully saturated rings. The fourth-order valence-electron chi connectivity index (χ4n) is 2.73. The van der Waals surface area contributed by atoms with Gasteiger partial charge in [0.1, 0.15) is 0 Å². The predicted octanol–water partition coefficient (Wildman–Crippen LogP) is 4.68. The van der Waals surface area contributed by atoms with Crippen molar-refractivity contribution >= 4 is 0 Å². The molecule has 2 heteroatoms. The normalized spacial score (nSPS) is 15.0. The molecule has 0 atom stereocenters. The van der Waals surface area contributed by atoms with Crippen LogP contribution < -0.4 is 0 Å². The maximum atomic E-state index is 4.08. The first-order valence-electron chi connectivity index (χ1n) is 8.30. The number of rotatable bonds is 2. The standard InChI is InChI=1S/C13H19N.C7H9N/c1-12-6-5-7-13(10-12)11-14-8-3-2-4-9-14;1-6-3-4-7(2)8-5-6/h5-7,10H,2-4,8-9,11H2,1H3;3-5H,1-2H3. The number of likely N-dealkylation sites (tertiary alicyclic amines) is 1. The monoisotopic (exact) mass is 296 g/mol. The lowest BCUT2D eigenvalue weighted by Crippen LogP contribution is -2.29. The van der Waals surface area contributed by atoms with Gasteiger partial charge in [0, 0.05) is 18.4 Å². The van der Waals surface area contributed by atoms with Crippen LogP contribution in [0, 0.1) is 20.8 Å². The van der Waals surface area contributed by atoms with E-state index in [1.807, 2.05) is 26.1 Å². The Balaban J connectivity index is 0.000000188. The Morgan fingerprint density at radius 2 is 1.68 bits per heavy atom. The fraction of sp³-hybridized carbons (Fsp3) is 0.450. The van der Waals surface area contributed by atoms with Crippen molar-refractivity contribution in [3.63, 3.8) is 0 Å². The van der Waals surface area contributed by atoms with E-state index >= 15 is 0 Å². The van der Waals surface area contributed by atoms with Gasteiger partial charge in [0.15, 0.2) is 0 Å². The van der Waals surface area contributed by atoms with Gasteiger partial charge in [0.2, 0.25) is 0 Å². The highest BCUT2D eigenvalue weighted by atomic mass is 15.1. The smallest absolute Gasteiger partial charge is 0.0372 e. The van der Waals surface area contributed by atoms with Crippen molar-refractivity contribution in [2.45, 2.75) is 46.6 Å². The van der Waals surface area contributed by atoms with Crippen LogP contribution in [-0.2, 0) is 6.54 Å². The van der Waals surface area contributed by atoms with Gasteiger partial charge in [0.05, 0.1) is 0 Å². The van der Waals surface area contributed by atoms with Crippen LogP contribution in [0.4, 0.5) is 0 Å². The number of piperidine rings is 1. The Bertz CT molecular complexity index is 533. The summed E-state index contributed by atoms with van der Waals surface area (Å²) in [6, 6.07) is 12.9. The SMILES string of the molecule is Cc1ccc(C)nc1.Cc1cccc(CN2CCCCC2)c1. The zero-order valence-electron chi connectivity index (χ0n) is 14.2. The molecule has 0 N–H and O–H groups in total. The van der Waals surface area contributed by atoms with Crippen molar-refractivity contribution in [2.75, 3.05) is 13.1 Å². The van der Waals surface area contributed by atoms with E-state index in [1.165, 1.54) is 49.0 Å². The summed E-state index contributed by atoms with van der Waals surface area (Å²) in [5, 5.41) is 0. The van der Waals surface area contributed by atoms with Gasteiger partial charge in [-0.05, 0) is 63.9 Å². The minimum Gasteiger partial charge on any atom is -0.299 e. The molecule has 3 rings (SSSR count). The second kappa shape index (κ2) is 8.70. The molecule has 0 unspecified atom stereocenters. The van der Waals surface area contributed by atoms with Gasteiger partial charge in [-0.2, -0.15) is 0 Å². The Kier molecular flexibility index (Phi) is 6.60. The van der Waals surface area contributed by atoms with E-state index in [0.717, 1.165) is 12.2 Å². The summed E-state index contributed by atoms with van der Waals surface area (Å²) < 4.78 is 0. The lowest BCUT2D eigenvalue weighted by molar-refractivity contribution is 0.221. The Morgan fingerprint density at radius 3 is 2.27 bits per heavy atom. The van der Waals surface area contributed by atoms with E-state index in [1.54, 1.807) is 0 Å². The van der Waals surface area contributed by atoms with Crippen LogP contribution in [-0.4, -0.2) is 23.0 Å². The molecule has 0 amide bonds. The van der Waals surface area contributed by atoms with Crippen molar-refractivity contribution in [1.29, 1.82) is 0 Å². The highest BCUT2D eigenvalue weighted by Crippen LogP contribution is 2.13. The van der Waals surface area contributed by atoms with E-state index in [9.17, 15) is 0 Å². The van der Waals surface area contributed by atoms with Gasteiger partial charge in [-0.3, -0.25) is 9.88 Å². The zero-order valence-corrected chi connectivity index (χ0v) is 14.2. The summed E-state index contributed by atoms with van der Waals surface area (Å²) in [5.41, 5.74) is 5.14. The molecule has 0 spiro atoms. The molecule has 1 saturated heterocycles. The summed E-state index contributed by atoms with van der Waals surface area (Å²) in [6.45, 7) is 9.90. The maximum Gasteiger partial charge on any atom is 0.0372 e.